The molecule has 5 nitrogen and oxygen atoms in total. The summed E-state index contributed by atoms with van der Waals surface area (Å²) in [6, 6.07) is 4.86. The van der Waals surface area contributed by atoms with Crippen LogP contribution in [0.15, 0.2) is 18.2 Å². The molecule has 0 radical (unpaired) electrons. The Kier molecular flexibility index (Phi) is 7.34. The number of alkyl halides is 2. The SMILES string of the molecule is CCOc1cccc(CNC(=O)C2CNC2)c1OC(F)F.Cl. The second-order valence-corrected chi connectivity index (χ2v) is 4.63. The average molecular weight is 337 g/mol. The van der Waals surface area contributed by atoms with Crippen molar-refractivity contribution >= 4 is 18.3 Å². The number of rotatable bonds is 7. The van der Waals surface area contributed by atoms with Gasteiger partial charge in [-0.2, -0.15) is 8.78 Å². The molecule has 2 rings (SSSR count). The second-order valence-electron chi connectivity index (χ2n) is 4.63. The van der Waals surface area contributed by atoms with Gasteiger partial charge in [-0.15, -0.1) is 12.4 Å². The molecule has 0 bridgehead atoms. The van der Waals surface area contributed by atoms with E-state index in [0.29, 0.717) is 25.3 Å². The molecule has 124 valence electrons. The molecule has 0 aliphatic carbocycles. The number of hydrogen-bond donors (Lipinski definition) is 2. The molecule has 1 aromatic rings. The zero-order valence-corrected chi connectivity index (χ0v) is 12.9. The highest BCUT2D eigenvalue weighted by atomic mass is 35.5. The van der Waals surface area contributed by atoms with Gasteiger partial charge in [-0.05, 0) is 13.0 Å². The van der Waals surface area contributed by atoms with Gasteiger partial charge in [-0.1, -0.05) is 12.1 Å². The Morgan fingerprint density at radius 3 is 2.73 bits per heavy atom. The summed E-state index contributed by atoms with van der Waals surface area (Å²) < 4.78 is 34.9. The van der Waals surface area contributed by atoms with Crippen molar-refractivity contribution in [2.75, 3.05) is 19.7 Å². The first kappa shape index (κ1) is 18.4. The lowest BCUT2D eigenvalue weighted by Gasteiger charge is -2.26. The first-order chi connectivity index (χ1) is 10.1. The monoisotopic (exact) mass is 336 g/mol. The van der Waals surface area contributed by atoms with Gasteiger partial charge in [0.15, 0.2) is 11.5 Å². The molecular weight excluding hydrogens is 318 g/mol. The van der Waals surface area contributed by atoms with Gasteiger partial charge >= 0.3 is 6.61 Å². The minimum atomic E-state index is -2.95. The number of carbonyl (C=O) groups is 1. The minimum absolute atomic E-state index is 0. The maximum atomic E-state index is 12.5. The lowest BCUT2D eigenvalue weighted by molar-refractivity contribution is -0.126. The summed E-state index contributed by atoms with van der Waals surface area (Å²) in [5.41, 5.74) is 0.460. The third-order valence-corrected chi connectivity index (χ3v) is 3.17. The number of para-hydroxylation sites is 1. The highest BCUT2D eigenvalue weighted by Crippen LogP contribution is 2.32. The molecule has 1 heterocycles. The van der Waals surface area contributed by atoms with Crippen molar-refractivity contribution in [3.63, 3.8) is 0 Å². The summed E-state index contributed by atoms with van der Waals surface area (Å²) in [4.78, 5) is 11.8. The normalized spacial score (nSPS) is 14.0. The molecule has 0 saturated carbocycles. The van der Waals surface area contributed by atoms with Crippen molar-refractivity contribution in [1.82, 2.24) is 10.6 Å². The van der Waals surface area contributed by atoms with Crippen LogP contribution in [-0.2, 0) is 11.3 Å². The fourth-order valence-corrected chi connectivity index (χ4v) is 1.99. The van der Waals surface area contributed by atoms with Gasteiger partial charge in [0.25, 0.3) is 0 Å². The van der Waals surface area contributed by atoms with E-state index in [4.69, 9.17) is 4.74 Å². The molecule has 0 aromatic heterocycles. The lowest BCUT2D eigenvalue weighted by atomic mass is 10.0. The summed E-state index contributed by atoms with van der Waals surface area (Å²) >= 11 is 0. The van der Waals surface area contributed by atoms with E-state index >= 15 is 0 Å². The van der Waals surface area contributed by atoms with E-state index in [1.54, 1.807) is 25.1 Å². The Bertz CT molecular complexity index is 499. The van der Waals surface area contributed by atoms with E-state index in [9.17, 15) is 13.6 Å². The maximum absolute atomic E-state index is 12.5. The summed E-state index contributed by atoms with van der Waals surface area (Å²) in [5, 5.41) is 5.72. The van der Waals surface area contributed by atoms with Crippen LogP contribution in [0.5, 0.6) is 11.5 Å². The van der Waals surface area contributed by atoms with Crippen molar-refractivity contribution in [2.45, 2.75) is 20.1 Å². The first-order valence-corrected chi connectivity index (χ1v) is 6.79. The van der Waals surface area contributed by atoms with Gasteiger partial charge in [0, 0.05) is 25.2 Å². The Morgan fingerprint density at radius 1 is 1.45 bits per heavy atom. The standard InChI is InChI=1S/C14H18F2N2O3.ClH/c1-2-20-11-5-3-4-9(12(11)21-14(15)16)8-18-13(19)10-6-17-7-10;/h3-5,10,14,17H,2,6-8H2,1H3,(H,18,19);1H. The van der Waals surface area contributed by atoms with Gasteiger partial charge in [-0.25, -0.2) is 0 Å². The quantitative estimate of drug-likeness (QED) is 0.799. The fraction of sp³-hybridized carbons (Fsp3) is 0.500. The number of ether oxygens (including phenoxy) is 2. The predicted molar refractivity (Wildman–Crippen MR) is 79.7 cm³/mol. The molecule has 1 aromatic carbocycles. The molecule has 8 heteroatoms. The zero-order chi connectivity index (χ0) is 15.2. The van der Waals surface area contributed by atoms with Crippen molar-refractivity contribution in [2.24, 2.45) is 5.92 Å². The Balaban J connectivity index is 0.00000242. The summed E-state index contributed by atoms with van der Waals surface area (Å²) in [5.74, 6) is 0.0642. The molecule has 2 N–H and O–H groups in total. The summed E-state index contributed by atoms with van der Waals surface area (Å²) in [7, 11) is 0. The van der Waals surface area contributed by atoms with Crippen molar-refractivity contribution < 1.29 is 23.0 Å². The van der Waals surface area contributed by atoms with Crippen LogP contribution in [0.3, 0.4) is 0 Å². The summed E-state index contributed by atoms with van der Waals surface area (Å²) in [6.45, 7) is 0.555. The molecule has 1 saturated heterocycles. The Labute approximate surface area is 133 Å². The molecule has 1 amide bonds. The van der Waals surface area contributed by atoms with Gasteiger partial charge < -0.3 is 20.1 Å². The van der Waals surface area contributed by atoms with E-state index in [0.717, 1.165) is 0 Å². The number of amides is 1. The zero-order valence-electron chi connectivity index (χ0n) is 12.1. The van der Waals surface area contributed by atoms with Crippen LogP contribution in [0.1, 0.15) is 12.5 Å². The molecule has 0 spiro atoms. The third kappa shape index (κ3) is 4.71. The number of benzene rings is 1. The third-order valence-electron chi connectivity index (χ3n) is 3.17. The topological polar surface area (TPSA) is 59.6 Å². The number of halogens is 3. The van der Waals surface area contributed by atoms with Crippen LogP contribution in [0.4, 0.5) is 8.78 Å². The highest BCUT2D eigenvalue weighted by Gasteiger charge is 2.25. The van der Waals surface area contributed by atoms with Crippen molar-refractivity contribution in [3.05, 3.63) is 23.8 Å². The van der Waals surface area contributed by atoms with Crippen LogP contribution in [0.2, 0.25) is 0 Å². The van der Waals surface area contributed by atoms with Crippen molar-refractivity contribution in [1.29, 1.82) is 0 Å². The van der Waals surface area contributed by atoms with Gasteiger partial charge in [0.1, 0.15) is 0 Å². The second kappa shape index (κ2) is 8.75. The number of hydrogen-bond acceptors (Lipinski definition) is 4. The minimum Gasteiger partial charge on any atom is -0.490 e. The molecule has 0 unspecified atom stereocenters. The first-order valence-electron chi connectivity index (χ1n) is 6.79. The molecule has 1 aliphatic rings. The predicted octanol–water partition coefficient (Wildman–Crippen LogP) is 1.94. The van der Waals surface area contributed by atoms with Crippen LogP contribution >= 0.6 is 12.4 Å². The summed E-state index contributed by atoms with van der Waals surface area (Å²) in [6.07, 6.45) is 0. The maximum Gasteiger partial charge on any atom is 0.387 e. The number of nitrogens with one attached hydrogen (secondary N) is 2. The lowest BCUT2D eigenvalue weighted by Crippen LogP contribution is -2.50. The van der Waals surface area contributed by atoms with E-state index in [1.165, 1.54) is 0 Å². The van der Waals surface area contributed by atoms with Gasteiger partial charge in [0.2, 0.25) is 5.91 Å². The van der Waals surface area contributed by atoms with Crippen LogP contribution < -0.4 is 20.1 Å². The fourth-order valence-electron chi connectivity index (χ4n) is 1.99. The van der Waals surface area contributed by atoms with Crippen LogP contribution in [0, 0.1) is 5.92 Å². The highest BCUT2D eigenvalue weighted by molar-refractivity contribution is 5.85. The number of carbonyl (C=O) groups excluding carboxylic acids is 1. The smallest absolute Gasteiger partial charge is 0.387 e. The molecule has 0 atom stereocenters. The van der Waals surface area contributed by atoms with Crippen LogP contribution in [0.25, 0.3) is 0 Å². The van der Waals surface area contributed by atoms with Gasteiger partial charge in [0.05, 0.1) is 12.5 Å². The van der Waals surface area contributed by atoms with Crippen molar-refractivity contribution in [3.8, 4) is 11.5 Å². The van der Waals surface area contributed by atoms with Gasteiger partial charge in [-0.3, -0.25) is 4.79 Å². The van der Waals surface area contributed by atoms with E-state index in [-0.39, 0.29) is 42.3 Å². The molecule has 1 aliphatic heterocycles. The Hall–Kier alpha value is -1.60. The average Bonchev–Trinajstić information content (AvgIpc) is 2.37. The Morgan fingerprint density at radius 2 is 2.18 bits per heavy atom. The van der Waals surface area contributed by atoms with E-state index in [1.807, 2.05) is 0 Å². The van der Waals surface area contributed by atoms with Crippen LogP contribution in [-0.4, -0.2) is 32.2 Å². The molecule has 1 fully saturated rings. The molecule has 22 heavy (non-hydrogen) atoms. The van der Waals surface area contributed by atoms with E-state index in [2.05, 4.69) is 15.4 Å². The van der Waals surface area contributed by atoms with E-state index < -0.39 is 6.61 Å². The molecular formula is C14H19ClF2N2O3. The largest absolute Gasteiger partial charge is 0.490 e.